The molecule has 0 fully saturated rings. The summed E-state index contributed by atoms with van der Waals surface area (Å²) >= 11 is 0. The SMILES string of the molecule is COc1ccc(-c2cc(Cn3ccnc3[N+](=O)[O-])on2)cc1OC. The Hall–Kier alpha value is -3.36. The average Bonchev–Trinajstić information content (AvgIpc) is 3.24. The molecule has 0 N–H and O–H groups in total. The van der Waals surface area contributed by atoms with Crippen molar-refractivity contribution in [1.82, 2.24) is 14.7 Å². The number of aromatic nitrogens is 3. The second kappa shape index (κ2) is 6.41. The smallest absolute Gasteiger partial charge is 0.434 e. The van der Waals surface area contributed by atoms with E-state index in [1.165, 1.54) is 17.0 Å². The third kappa shape index (κ3) is 2.91. The normalized spacial score (nSPS) is 10.6. The van der Waals surface area contributed by atoms with Crippen molar-refractivity contribution in [2.75, 3.05) is 14.2 Å². The molecule has 2 aromatic heterocycles. The molecule has 0 aliphatic carbocycles. The van der Waals surface area contributed by atoms with Gasteiger partial charge in [-0.1, -0.05) is 10.1 Å². The zero-order chi connectivity index (χ0) is 17.1. The van der Waals surface area contributed by atoms with Gasteiger partial charge in [0.15, 0.2) is 17.3 Å². The van der Waals surface area contributed by atoms with E-state index >= 15 is 0 Å². The van der Waals surface area contributed by atoms with Crippen LogP contribution < -0.4 is 9.47 Å². The van der Waals surface area contributed by atoms with Gasteiger partial charge in [-0.05, 0) is 23.1 Å². The van der Waals surface area contributed by atoms with Crippen LogP contribution in [0.5, 0.6) is 11.5 Å². The van der Waals surface area contributed by atoms with E-state index in [1.807, 2.05) is 6.07 Å². The molecular weight excluding hydrogens is 316 g/mol. The largest absolute Gasteiger partial charge is 0.493 e. The maximum Gasteiger partial charge on any atom is 0.434 e. The number of nitrogens with zero attached hydrogens (tertiary/aromatic N) is 4. The minimum absolute atomic E-state index is 0.163. The predicted molar refractivity (Wildman–Crippen MR) is 83.0 cm³/mol. The molecule has 0 spiro atoms. The molecule has 1 aromatic carbocycles. The lowest BCUT2D eigenvalue weighted by Gasteiger charge is -2.07. The fourth-order valence-electron chi connectivity index (χ4n) is 2.28. The van der Waals surface area contributed by atoms with Crippen LogP contribution in [0.2, 0.25) is 0 Å². The molecule has 124 valence electrons. The average molecular weight is 330 g/mol. The first kappa shape index (κ1) is 15.5. The molecule has 0 aliphatic rings. The molecule has 0 saturated heterocycles. The van der Waals surface area contributed by atoms with Gasteiger partial charge in [0.25, 0.3) is 0 Å². The first-order valence-electron chi connectivity index (χ1n) is 6.96. The van der Waals surface area contributed by atoms with Gasteiger partial charge in [0, 0.05) is 11.6 Å². The van der Waals surface area contributed by atoms with E-state index in [2.05, 4.69) is 10.1 Å². The van der Waals surface area contributed by atoms with Gasteiger partial charge in [0.05, 0.1) is 14.2 Å². The highest BCUT2D eigenvalue weighted by atomic mass is 16.6. The van der Waals surface area contributed by atoms with E-state index < -0.39 is 4.92 Å². The highest BCUT2D eigenvalue weighted by molar-refractivity contribution is 5.63. The maximum absolute atomic E-state index is 10.9. The van der Waals surface area contributed by atoms with Gasteiger partial charge in [-0.3, -0.25) is 0 Å². The number of benzene rings is 1. The fourth-order valence-corrected chi connectivity index (χ4v) is 2.28. The van der Waals surface area contributed by atoms with Crippen molar-refractivity contribution in [3.05, 3.63) is 52.5 Å². The third-order valence-electron chi connectivity index (χ3n) is 3.42. The van der Waals surface area contributed by atoms with Crippen LogP contribution in [0.25, 0.3) is 11.3 Å². The molecule has 3 rings (SSSR count). The summed E-state index contributed by atoms with van der Waals surface area (Å²) in [5.41, 5.74) is 1.37. The number of methoxy groups -OCH3 is 2. The molecule has 0 unspecified atom stereocenters. The quantitative estimate of drug-likeness (QED) is 0.505. The fraction of sp³-hybridized carbons (Fsp3) is 0.200. The van der Waals surface area contributed by atoms with Crippen LogP contribution in [-0.2, 0) is 6.54 Å². The molecule has 0 atom stereocenters. The van der Waals surface area contributed by atoms with E-state index in [1.54, 1.807) is 32.4 Å². The van der Waals surface area contributed by atoms with Crippen LogP contribution in [0.15, 0.2) is 41.2 Å². The topological polar surface area (TPSA) is 105 Å². The van der Waals surface area contributed by atoms with Crippen molar-refractivity contribution in [3.63, 3.8) is 0 Å². The molecule has 0 bridgehead atoms. The monoisotopic (exact) mass is 330 g/mol. The second-order valence-corrected chi connectivity index (χ2v) is 4.86. The highest BCUT2D eigenvalue weighted by Crippen LogP contribution is 2.32. The Bertz CT molecular complexity index is 870. The van der Waals surface area contributed by atoms with Gasteiger partial charge in [0.1, 0.15) is 24.6 Å². The summed E-state index contributed by atoms with van der Waals surface area (Å²) in [6, 6.07) is 7.08. The van der Waals surface area contributed by atoms with E-state index in [0.29, 0.717) is 23.0 Å². The molecule has 0 radical (unpaired) electrons. The predicted octanol–water partition coefficient (Wildman–Crippen LogP) is 2.51. The van der Waals surface area contributed by atoms with Crippen molar-refractivity contribution in [2.24, 2.45) is 0 Å². The lowest BCUT2D eigenvalue weighted by molar-refractivity contribution is -0.396. The van der Waals surface area contributed by atoms with E-state index in [-0.39, 0.29) is 12.5 Å². The Balaban J connectivity index is 1.85. The van der Waals surface area contributed by atoms with E-state index in [0.717, 1.165) is 5.56 Å². The minimum Gasteiger partial charge on any atom is -0.493 e. The Morgan fingerprint density at radius 2 is 2.04 bits per heavy atom. The molecule has 24 heavy (non-hydrogen) atoms. The highest BCUT2D eigenvalue weighted by Gasteiger charge is 2.17. The molecule has 0 amide bonds. The van der Waals surface area contributed by atoms with E-state index in [9.17, 15) is 10.1 Å². The van der Waals surface area contributed by atoms with Crippen molar-refractivity contribution in [2.45, 2.75) is 6.54 Å². The van der Waals surface area contributed by atoms with Gasteiger partial charge in [-0.15, -0.1) is 0 Å². The first-order valence-corrected chi connectivity index (χ1v) is 6.96. The number of ether oxygens (including phenoxy) is 2. The van der Waals surface area contributed by atoms with Crippen LogP contribution in [0.1, 0.15) is 5.76 Å². The molecule has 0 aliphatic heterocycles. The van der Waals surface area contributed by atoms with Crippen LogP contribution in [-0.4, -0.2) is 33.9 Å². The van der Waals surface area contributed by atoms with Crippen molar-refractivity contribution in [1.29, 1.82) is 0 Å². The maximum atomic E-state index is 10.9. The van der Waals surface area contributed by atoms with E-state index in [4.69, 9.17) is 14.0 Å². The summed E-state index contributed by atoms with van der Waals surface area (Å²) in [6.07, 6.45) is 2.88. The first-order chi connectivity index (χ1) is 11.6. The zero-order valence-electron chi connectivity index (χ0n) is 13.0. The number of hydrogen-bond acceptors (Lipinski definition) is 7. The molecule has 9 nitrogen and oxygen atoms in total. The molecular formula is C15H14N4O5. The third-order valence-corrected chi connectivity index (χ3v) is 3.42. The van der Waals surface area contributed by atoms with Crippen molar-refractivity contribution in [3.8, 4) is 22.8 Å². The summed E-state index contributed by atoms with van der Waals surface area (Å²) < 4.78 is 17.1. The zero-order valence-corrected chi connectivity index (χ0v) is 13.0. The summed E-state index contributed by atoms with van der Waals surface area (Å²) in [5, 5.41) is 14.9. The summed E-state index contributed by atoms with van der Waals surface area (Å²) in [6.45, 7) is 0.163. The molecule has 9 heteroatoms. The Kier molecular flexibility index (Phi) is 4.15. The number of hydrogen-bond donors (Lipinski definition) is 0. The van der Waals surface area contributed by atoms with Crippen molar-refractivity contribution < 1.29 is 18.9 Å². The van der Waals surface area contributed by atoms with Crippen LogP contribution in [0.3, 0.4) is 0 Å². The van der Waals surface area contributed by atoms with Gasteiger partial charge >= 0.3 is 5.95 Å². The van der Waals surface area contributed by atoms with Gasteiger partial charge in [-0.2, -0.15) is 0 Å². The summed E-state index contributed by atoms with van der Waals surface area (Å²) in [7, 11) is 3.11. The minimum atomic E-state index is -0.550. The lowest BCUT2D eigenvalue weighted by atomic mass is 10.1. The molecule has 0 saturated carbocycles. The Morgan fingerprint density at radius 1 is 1.25 bits per heavy atom. The summed E-state index contributed by atoms with van der Waals surface area (Å²) in [5.74, 6) is 1.41. The lowest BCUT2D eigenvalue weighted by Crippen LogP contribution is -2.03. The van der Waals surface area contributed by atoms with Crippen molar-refractivity contribution >= 4 is 5.95 Å². The Labute approximate surface area is 136 Å². The van der Waals surface area contributed by atoms with Crippen LogP contribution in [0, 0.1) is 10.1 Å². The van der Waals surface area contributed by atoms with Gasteiger partial charge in [0.2, 0.25) is 0 Å². The van der Waals surface area contributed by atoms with Gasteiger partial charge < -0.3 is 24.1 Å². The Morgan fingerprint density at radius 3 is 2.75 bits per heavy atom. The number of nitro groups is 1. The number of imidazole rings is 1. The number of rotatable bonds is 6. The van der Waals surface area contributed by atoms with Crippen LogP contribution >= 0.6 is 0 Å². The molecule has 3 aromatic rings. The van der Waals surface area contributed by atoms with Gasteiger partial charge in [-0.25, -0.2) is 4.57 Å². The molecule has 2 heterocycles. The summed E-state index contributed by atoms with van der Waals surface area (Å²) in [4.78, 5) is 14.0. The van der Waals surface area contributed by atoms with Crippen LogP contribution in [0.4, 0.5) is 5.95 Å². The standard InChI is InChI=1S/C15H14N4O5/c1-22-13-4-3-10(7-14(13)23-2)12-8-11(24-17-12)9-18-6-5-16-15(18)19(20)21/h3-8H,9H2,1-2H3. The second-order valence-electron chi connectivity index (χ2n) is 4.86.